The summed E-state index contributed by atoms with van der Waals surface area (Å²) in [6, 6.07) is 5.32. The Morgan fingerprint density at radius 1 is 1.47 bits per heavy atom. The van der Waals surface area contributed by atoms with Crippen molar-refractivity contribution in [3.05, 3.63) is 29.0 Å². The van der Waals surface area contributed by atoms with Crippen molar-refractivity contribution in [3.63, 3.8) is 0 Å². The van der Waals surface area contributed by atoms with Crippen LogP contribution in [-0.4, -0.2) is 15.8 Å². The number of ketones is 1. The number of carbonyl (C=O) groups is 1. The molecule has 15 heavy (non-hydrogen) atoms. The van der Waals surface area contributed by atoms with E-state index in [1.54, 1.807) is 18.2 Å². The third-order valence-electron chi connectivity index (χ3n) is 2.20. The Morgan fingerprint density at radius 2 is 2.20 bits per heavy atom. The summed E-state index contributed by atoms with van der Waals surface area (Å²) in [4.78, 5) is 18.9. The highest BCUT2D eigenvalue weighted by Gasteiger charge is 2.14. The molecule has 1 N–H and O–H groups in total. The second-order valence-electron chi connectivity index (χ2n) is 3.77. The molecule has 0 fully saturated rings. The Balaban J connectivity index is 2.52. The van der Waals surface area contributed by atoms with Crippen LogP contribution in [0.15, 0.2) is 18.2 Å². The first kappa shape index (κ1) is 10.2. The van der Waals surface area contributed by atoms with Gasteiger partial charge in [0, 0.05) is 10.9 Å². The minimum Gasteiger partial charge on any atom is -0.335 e. The van der Waals surface area contributed by atoms with Crippen LogP contribution in [0.5, 0.6) is 0 Å². The third-order valence-corrected chi connectivity index (χ3v) is 2.44. The molecule has 0 spiro atoms. The van der Waals surface area contributed by atoms with Gasteiger partial charge in [-0.3, -0.25) is 4.79 Å². The first-order valence-corrected chi connectivity index (χ1v) is 5.15. The summed E-state index contributed by atoms with van der Waals surface area (Å²) in [6.07, 6.45) is 0. The van der Waals surface area contributed by atoms with Gasteiger partial charge >= 0.3 is 0 Å². The highest BCUT2D eigenvalue weighted by molar-refractivity contribution is 6.31. The smallest absolute Gasteiger partial charge is 0.200 e. The van der Waals surface area contributed by atoms with Crippen LogP contribution in [0.25, 0.3) is 11.0 Å². The van der Waals surface area contributed by atoms with Gasteiger partial charge < -0.3 is 4.98 Å². The number of halogens is 1. The predicted octanol–water partition coefficient (Wildman–Crippen LogP) is 3.06. The van der Waals surface area contributed by atoms with Gasteiger partial charge in [0.2, 0.25) is 5.78 Å². The summed E-state index contributed by atoms with van der Waals surface area (Å²) >= 11 is 5.84. The molecule has 0 unspecified atom stereocenters. The zero-order valence-electron chi connectivity index (χ0n) is 8.54. The van der Waals surface area contributed by atoms with Crippen LogP contribution in [0.1, 0.15) is 24.5 Å². The number of nitrogens with one attached hydrogen (secondary N) is 1. The van der Waals surface area contributed by atoms with E-state index in [4.69, 9.17) is 11.6 Å². The monoisotopic (exact) mass is 222 g/mol. The first-order valence-electron chi connectivity index (χ1n) is 4.77. The maximum atomic E-state index is 11.7. The number of benzene rings is 1. The van der Waals surface area contributed by atoms with Crippen molar-refractivity contribution in [2.45, 2.75) is 13.8 Å². The Kier molecular flexibility index (Phi) is 2.49. The van der Waals surface area contributed by atoms with Crippen molar-refractivity contribution < 1.29 is 4.79 Å². The Morgan fingerprint density at radius 3 is 2.87 bits per heavy atom. The van der Waals surface area contributed by atoms with E-state index in [0.717, 1.165) is 11.0 Å². The molecule has 4 heteroatoms. The largest absolute Gasteiger partial charge is 0.335 e. The zero-order chi connectivity index (χ0) is 11.0. The van der Waals surface area contributed by atoms with Gasteiger partial charge in [-0.25, -0.2) is 4.98 Å². The summed E-state index contributed by atoms with van der Waals surface area (Å²) in [5.74, 6) is 0.366. The van der Waals surface area contributed by atoms with Gasteiger partial charge in [-0.05, 0) is 18.2 Å². The van der Waals surface area contributed by atoms with Crippen molar-refractivity contribution in [1.82, 2.24) is 9.97 Å². The van der Waals surface area contributed by atoms with Crippen molar-refractivity contribution >= 4 is 28.4 Å². The van der Waals surface area contributed by atoms with Crippen LogP contribution in [0.4, 0.5) is 0 Å². The van der Waals surface area contributed by atoms with E-state index in [1.807, 2.05) is 13.8 Å². The first-order chi connectivity index (χ1) is 7.08. The molecule has 0 bridgehead atoms. The molecule has 0 aliphatic heterocycles. The third kappa shape index (κ3) is 1.88. The molecule has 1 aromatic carbocycles. The Bertz CT molecular complexity index is 516. The van der Waals surface area contributed by atoms with E-state index in [9.17, 15) is 4.79 Å². The summed E-state index contributed by atoms with van der Waals surface area (Å²) in [5, 5.41) is 0.634. The van der Waals surface area contributed by atoms with E-state index >= 15 is 0 Å². The Hall–Kier alpha value is -1.35. The molecule has 2 rings (SSSR count). The fourth-order valence-corrected chi connectivity index (χ4v) is 1.54. The average molecular weight is 223 g/mol. The van der Waals surface area contributed by atoms with Crippen LogP contribution in [0.3, 0.4) is 0 Å². The summed E-state index contributed by atoms with van der Waals surface area (Å²) < 4.78 is 0. The number of hydrogen-bond acceptors (Lipinski definition) is 2. The van der Waals surface area contributed by atoms with Crippen LogP contribution in [0.2, 0.25) is 5.02 Å². The lowest BCUT2D eigenvalue weighted by Crippen LogP contribution is -2.09. The molecule has 0 aliphatic rings. The second-order valence-corrected chi connectivity index (χ2v) is 4.20. The summed E-state index contributed by atoms with van der Waals surface area (Å²) in [5.41, 5.74) is 1.56. The molecular weight excluding hydrogens is 212 g/mol. The summed E-state index contributed by atoms with van der Waals surface area (Å²) in [7, 11) is 0. The number of fused-ring (bicyclic) bond motifs is 1. The van der Waals surface area contributed by atoms with Gasteiger partial charge in [0.25, 0.3) is 0 Å². The number of carbonyl (C=O) groups excluding carboxylic acids is 1. The molecule has 0 atom stereocenters. The van der Waals surface area contributed by atoms with Gasteiger partial charge in [-0.1, -0.05) is 25.4 Å². The van der Waals surface area contributed by atoms with E-state index in [0.29, 0.717) is 10.8 Å². The van der Waals surface area contributed by atoms with Crippen LogP contribution < -0.4 is 0 Å². The summed E-state index contributed by atoms with van der Waals surface area (Å²) in [6.45, 7) is 3.70. The topological polar surface area (TPSA) is 45.8 Å². The van der Waals surface area contributed by atoms with E-state index in [2.05, 4.69) is 9.97 Å². The fourth-order valence-electron chi connectivity index (χ4n) is 1.37. The van der Waals surface area contributed by atoms with Crippen molar-refractivity contribution in [2.24, 2.45) is 5.92 Å². The van der Waals surface area contributed by atoms with Crippen molar-refractivity contribution in [3.8, 4) is 0 Å². The minimum absolute atomic E-state index is 0.0160. The number of H-pyrrole nitrogens is 1. The van der Waals surface area contributed by atoms with E-state index < -0.39 is 0 Å². The van der Waals surface area contributed by atoms with Crippen molar-refractivity contribution in [1.29, 1.82) is 0 Å². The van der Waals surface area contributed by atoms with Gasteiger partial charge in [-0.2, -0.15) is 0 Å². The second kappa shape index (κ2) is 3.66. The standard InChI is InChI=1S/C11H11ClN2O/c1-6(2)10(15)11-13-8-4-3-7(12)5-9(8)14-11/h3-6H,1-2H3,(H,13,14). The number of hydrogen-bond donors (Lipinski definition) is 1. The molecule has 0 saturated carbocycles. The predicted molar refractivity (Wildman–Crippen MR) is 60.3 cm³/mol. The molecule has 0 saturated heterocycles. The van der Waals surface area contributed by atoms with Gasteiger partial charge in [0.1, 0.15) is 0 Å². The number of nitrogens with zero attached hydrogens (tertiary/aromatic N) is 1. The van der Waals surface area contributed by atoms with Gasteiger partial charge in [-0.15, -0.1) is 0 Å². The lowest BCUT2D eigenvalue weighted by molar-refractivity contribution is 0.0930. The zero-order valence-corrected chi connectivity index (χ0v) is 9.30. The minimum atomic E-state index is -0.0546. The SMILES string of the molecule is CC(C)C(=O)c1nc2ccc(Cl)cc2[nH]1. The highest BCUT2D eigenvalue weighted by atomic mass is 35.5. The number of imidazole rings is 1. The van der Waals surface area contributed by atoms with E-state index in [1.165, 1.54) is 0 Å². The molecule has 78 valence electrons. The molecule has 1 aromatic heterocycles. The number of Topliss-reactive ketones (excluding diaryl/α,β-unsaturated/α-hetero) is 1. The highest BCUT2D eigenvalue weighted by Crippen LogP contribution is 2.18. The number of aromatic amines is 1. The van der Waals surface area contributed by atoms with Gasteiger partial charge in [0.05, 0.1) is 11.0 Å². The van der Waals surface area contributed by atoms with Crippen LogP contribution >= 0.6 is 11.6 Å². The molecule has 0 radical (unpaired) electrons. The molecule has 0 amide bonds. The van der Waals surface area contributed by atoms with E-state index in [-0.39, 0.29) is 11.7 Å². The van der Waals surface area contributed by atoms with Crippen molar-refractivity contribution in [2.75, 3.05) is 0 Å². The number of aromatic nitrogens is 2. The molecular formula is C11H11ClN2O. The average Bonchev–Trinajstić information content (AvgIpc) is 2.58. The van der Waals surface area contributed by atoms with Gasteiger partial charge in [0.15, 0.2) is 5.82 Å². The molecule has 1 heterocycles. The lowest BCUT2D eigenvalue weighted by atomic mass is 10.1. The molecule has 2 aromatic rings. The van der Waals surface area contributed by atoms with Crippen LogP contribution in [-0.2, 0) is 0 Å². The molecule has 3 nitrogen and oxygen atoms in total. The van der Waals surface area contributed by atoms with Crippen LogP contribution in [0, 0.1) is 5.92 Å². The Labute approximate surface area is 92.5 Å². The lowest BCUT2D eigenvalue weighted by Gasteiger charge is -1.97. The maximum Gasteiger partial charge on any atom is 0.200 e. The normalized spacial score (nSPS) is 11.2. The number of rotatable bonds is 2. The quantitative estimate of drug-likeness (QED) is 0.794. The fraction of sp³-hybridized carbons (Fsp3) is 0.273. The maximum absolute atomic E-state index is 11.7. The molecule has 0 aliphatic carbocycles.